The minimum Gasteiger partial charge on any atom is -0.504 e. The topological polar surface area (TPSA) is 68.9 Å². The number of ether oxygens (including phenoxy) is 2. The van der Waals surface area contributed by atoms with Crippen molar-refractivity contribution in [3.05, 3.63) is 82.0 Å². The number of hydrogen-bond donors (Lipinski definition) is 0. The van der Waals surface area contributed by atoms with E-state index < -0.39 is 5.82 Å². The fourth-order valence-electron chi connectivity index (χ4n) is 4.69. The smallest absolute Gasteiger partial charge is 0.229 e. The summed E-state index contributed by atoms with van der Waals surface area (Å²) in [5.74, 6) is 1.05. The van der Waals surface area contributed by atoms with Gasteiger partial charge in [-0.25, -0.2) is 14.2 Å². The van der Waals surface area contributed by atoms with Crippen LogP contribution >= 0.6 is 11.3 Å². The van der Waals surface area contributed by atoms with Crippen molar-refractivity contribution in [2.24, 2.45) is 5.92 Å². The van der Waals surface area contributed by atoms with Gasteiger partial charge in [0.25, 0.3) is 0 Å². The van der Waals surface area contributed by atoms with Crippen molar-refractivity contribution in [2.75, 3.05) is 26.7 Å². The Balaban J connectivity index is 1.31. The van der Waals surface area contributed by atoms with Crippen LogP contribution in [0.5, 0.6) is 17.2 Å². The third-order valence-electron chi connectivity index (χ3n) is 6.57. The number of carbonyl (C=O) groups excluding carboxylic acids is 1. The molecule has 5 rings (SSSR count). The standard InChI is InChI=1S/C29H27FN4O3S/c1-31-26-15-23-25(16-28(26)36-18-19-4-3-10-34(2)17-19)32-8-7-27(23)37-22-6-5-20(24(30)14-22)12-21(35)13-29-33-9-11-38-29/h5-9,11,14-16,19H,3-4,10,12-13,17-18H2,2H3. The number of hydrogen-bond acceptors (Lipinski definition) is 7. The van der Waals surface area contributed by atoms with Crippen LogP contribution in [0.4, 0.5) is 10.1 Å². The highest BCUT2D eigenvalue weighted by Crippen LogP contribution is 2.38. The zero-order valence-electron chi connectivity index (χ0n) is 21.0. The van der Waals surface area contributed by atoms with Crippen molar-refractivity contribution in [3.8, 4) is 17.2 Å². The highest BCUT2D eigenvalue weighted by molar-refractivity contribution is 7.09. The number of Topliss-reactive ketones (excluding diaryl/α,β-unsaturated/α-hetero) is 1. The number of rotatable bonds is 9. The first kappa shape index (κ1) is 25.8. The second kappa shape index (κ2) is 11.7. The molecule has 7 nitrogen and oxygen atoms in total. The Labute approximate surface area is 224 Å². The molecule has 1 aliphatic heterocycles. The fourth-order valence-corrected chi connectivity index (χ4v) is 5.34. The van der Waals surface area contributed by atoms with Gasteiger partial charge in [0.05, 0.1) is 30.1 Å². The Morgan fingerprint density at radius 1 is 1.18 bits per heavy atom. The van der Waals surface area contributed by atoms with Gasteiger partial charge in [0.2, 0.25) is 5.69 Å². The number of aromatic nitrogens is 2. The van der Waals surface area contributed by atoms with E-state index in [0.717, 1.165) is 25.9 Å². The van der Waals surface area contributed by atoms with E-state index in [9.17, 15) is 9.18 Å². The summed E-state index contributed by atoms with van der Waals surface area (Å²) in [7, 11) is 2.11. The quantitative estimate of drug-likeness (QED) is 0.238. The van der Waals surface area contributed by atoms with Crippen LogP contribution < -0.4 is 9.47 Å². The lowest BCUT2D eigenvalue weighted by atomic mass is 9.99. The number of carbonyl (C=O) groups is 1. The number of thiazole rings is 1. The second-order valence-corrected chi connectivity index (χ2v) is 10.5. The van der Waals surface area contributed by atoms with Crippen LogP contribution in [0, 0.1) is 18.3 Å². The molecule has 1 unspecified atom stereocenters. The van der Waals surface area contributed by atoms with Gasteiger partial charge in [-0.1, -0.05) is 6.07 Å². The maximum absolute atomic E-state index is 14.8. The SMILES string of the molecule is [C-]#[N+]c1cc2c(Oc3ccc(CC(=O)Cc4nccs4)c(F)c3)ccnc2cc1OCC1CCCN(C)C1. The van der Waals surface area contributed by atoms with Crippen molar-refractivity contribution in [1.82, 2.24) is 14.9 Å². The van der Waals surface area contributed by atoms with Gasteiger partial charge in [-0.2, -0.15) is 0 Å². The molecule has 1 atom stereocenters. The largest absolute Gasteiger partial charge is 0.504 e. The van der Waals surface area contributed by atoms with Crippen LogP contribution in [-0.2, 0) is 17.6 Å². The van der Waals surface area contributed by atoms with E-state index in [1.54, 1.807) is 42.7 Å². The van der Waals surface area contributed by atoms with Crippen LogP contribution in [-0.4, -0.2) is 47.4 Å². The number of piperidine rings is 1. The summed E-state index contributed by atoms with van der Waals surface area (Å²) in [4.78, 5) is 26.8. The van der Waals surface area contributed by atoms with E-state index in [2.05, 4.69) is 26.8 Å². The molecule has 1 saturated heterocycles. The summed E-state index contributed by atoms with van der Waals surface area (Å²) in [5.41, 5.74) is 1.30. The van der Waals surface area contributed by atoms with Crippen LogP contribution in [0.3, 0.4) is 0 Å². The zero-order chi connectivity index (χ0) is 26.5. The van der Waals surface area contributed by atoms with Crippen molar-refractivity contribution in [3.63, 3.8) is 0 Å². The average Bonchev–Trinajstić information content (AvgIpc) is 3.41. The van der Waals surface area contributed by atoms with Crippen molar-refractivity contribution in [1.29, 1.82) is 0 Å². The molecule has 0 radical (unpaired) electrons. The van der Waals surface area contributed by atoms with Crippen LogP contribution in [0.1, 0.15) is 23.4 Å². The van der Waals surface area contributed by atoms with Crippen molar-refractivity contribution >= 4 is 33.7 Å². The molecule has 0 saturated carbocycles. The molecule has 0 amide bonds. The van der Waals surface area contributed by atoms with E-state index in [1.165, 1.54) is 17.4 Å². The Kier molecular flexibility index (Phi) is 7.91. The first-order chi connectivity index (χ1) is 18.5. The van der Waals surface area contributed by atoms with Gasteiger partial charge < -0.3 is 14.4 Å². The number of halogens is 1. The number of benzene rings is 2. The molecule has 1 aliphatic rings. The molecular formula is C29H27FN4O3S. The van der Waals surface area contributed by atoms with Gasteiger partial charge in [-0.3, -0.25) is 9.78 Å². The predicted octanol–water partition coefficient (Wildman–Crippen LogP) is 6.25. The molecule has 2 aromatic carbocycles. The van der Waals surface area contributed by atoms with Gasteiger partial charge >= 0.3 is 0 Å². The zero-order valence-corrected chi connectivity index (χ0v) is 21.8. The highest BCUT2D eigenvalue weighted by Gasteiger charge is 2.19. The lowest BCUT2D eigenvalue weighted by Crippen LogP contribution is -2.34. The Morgan fingerprint density at radius 2 is 2.08 bits per heavy atom. The fraction of sp³-hybridized carbons (Fsp3) is 0.310. The first-order valence-electron chi connectivity index (χ1n) is 12.5. The van der Waals surface area contributed by atoms with Crippen molar-refractivity contribution in [2.45, 2.75) is 25.7 Å². The van der Waals surface area contributed by atoms with E-state index >= 15 is 0 Å². The predicted molar refractivity (Wildman–Crippen MR) is 145 cm³/mol. The van der Waals surface area contributed by atoms with Crippen LogP contribution in [0.25, 0.3) is 15.7 Å². The van der Waals surface area contributed by atoms with Gasteiger partial charge in [-0.05, 0) is 56.3 Å². The van der Waals surface area contributed by atoms with Crippen LogP contribution in [0.15, 0.2) is 54.2 Å². The lowest BCUT2D eigenvalue weighted by Gasteiger charge is -2.29. The summed E-state index contributed by atoms with van der Waals surface area (Å²) in [6, 6.07) is 9.61. The molecule has 0 spiro atoms. The van der Waals surface area contributed by atoms with Gasteiger partial charge in [-0.15, -0.1) is 11.3 Å². The summed E-state index contributed by atoms with van der Waals surface area (Å²) in [5, 5.41) is 3.16. The normalized spacial score (nSPS) is 15.8. The van der Waals surface area contributed by atoms with Gasteiger partial charge in [0, 0.05) is 48.1 Å². The Morgan fingerprint density at radius 3 is 2.84 bits per heavy atom. The molecular weight excluding hydrogens is 503 g/mol. The average molecular weight is 531 g/mol. The molecule has 4 aromatic rings. The molecule has 3 heterocycles. The van der Waals surface area contributed by atoms with Crippen LogP contribution in [0.2, 0.25) is 0 Å². The van der Waals surface area contributed by atoms with E-state index in [4.69, 9.17) is 16.0 Å². The summed E-state index contributed by atoms with van der Waals surface area (Å²) in [6.07, 6.45) is 5.68. The minimum absolute atomic E-state index is 0.0157. The van der Waals surface area contributed by atoms with Gasteiger partial charge in [0.15, 0.2) is 0 Å². The molecule has 0 aliphatic carbocycles. The number of ketones is 1. The first-order valence-corrected chi connectivity index (χ1v) is 13.3. The molecule has 0 N–H and O–H groups in total. The van der Waals surface area contributed by atoms with Gasteiger partial charge in [0.1, 0.15) is 28.8 Å². The monoisotopic (exact) mass is 530 g/mol. The molecule has 9 heteroatoms. The molecule has 0 bridgehead atoms. The summed E-state index contributed by atoms with van der Waals surface area (Å²) >= 11 is 1.40. The third-order valence-corrected chi connectivity index (χ3v) is 7.35. The number of nitrogens with zero attached hydrogens (tertiary/aromatic N) is 4. The number of likely N-dealkylation sites (tertiary alicyclic amines) is 1. The van der Waals surface area contributed by atoms with E-state index in [-0.39, 0.29) is 24.4 Å². The highest BCUT2D eigenvalue weighted by atomic mass is 32.1. The number of pyridine rings is 1. The maximum atomic E-state index is 14.8. The summed E-state index contributed by atoms with van der Waals surface area (Å²) < 4.78 is 26.9. The van der Waals surface area contributed by atoms with E-state index in [0.29, 0.717) is 51.2 Å². The van der Waals surface area contributed by atoms with E-state index in [1.807, 2.05) is 5.38 Å². The third kappa shape index (κ3) is 6.15. The second-order valence-electron chi connectivity index (χ2n) is 9.51. The Hall–Kier alpha value is -3.87. The summed E-state index contributed by atoms with van der Waals surface area (Å²) in [6.45, 7) is 10.3. The number of fused-ring (bicyclic) bond motifs is 1. The maximum Gasteiger partial charge on any atom is 0.229 e. The molecule has 38 heavy (non-hydrogen) atoms. The molecule has 194 valence electrons. The minimum atomic E-state index is -0.515. The molecule has 2 aromatic heterocycles. The Bertz CT molecular complexity index is 1490. The molecule has 1 fully saturated rings. The van der Waals surface area contributed by atoms with Crippen molar-refractivity contribution < 1.29 is 18.7 Å². The lowest BCUT2D eigenvalue weighted by molar-refractivity contribution is -0.117.